The molecule has 0 aliphatic carbocycles. The number of piperazine rings is 1. The number of β-amino-alcohol motifs (C(OH)–C–C–N with tert-alkyl or cyclic N) is 1. The summed E-state index contributed by atoms with van der Waals surface area (Å²) in [4.78, 5) is 19.1. The topological polar surface area (TPSA) is 56.2 Å². The Bertz CT molecular complexity index is 540. The fourth-order valence-electron chi connectivity index (χ4n) is 3.56. The van der Waals surface area contributed by atoms with Crippen molar-refractivity contribution in [1.29, 1.82) is 0 Å². The summed E-state index contributed by atoms with van der Waals surface area (Å²) in [5.41, 5.74) is 0.959. The molecule has 0 bridgehead atoms. The van der Waals surface area contributed by atoms with E-state index in [0.717, 1.165) is 31.7 Å². The predicted octanol–water partition coefficient (Wildman–Crippen LogP) is 0.585. The highest BCUT2D eigenvalue weighted by molar-refractivity contribution is 5.81. The molecule has 6 heteroatoms. The summed E-state index contributed by atoms with van der Waals surface area (Å²) in [5.74, 6) is 0.209. The van der Waals surface area contributed by atoms with Crippen molar-refractivity contribution in [2.45, 2.75) is 19.1 Å². The minimum Gasteiger partial charge on any atom is -0.387 e. The number of amides is 1. The van der Waals surface area contributed by atoms with Gasteiger partial charge in [-0.15, -0.1) is 0 Å². The first-order valence-corrected chi connectivity index (χ1v) is 9.21. The maximum Gasteiger partial charge on any atom is 0.239 e. The third-order valence-corrected chi connectivity index (χ3v) is 5.25. The second kappa shape index (κ2) is 8.76. The van der Waals surface area contributed by atoms with Gasteiger partial charge in [0.1, 0.15) is 0 Å². The average Bonchev–Trinajstić information content (AvgIpc) is 2.69. The highest BCUT2D eigenvalue weighted by Gasteiger charge is 2.29. The Balaban J connectivity index is 1.45. The maximum atomic E-state index is 12.6. The fraction of sp³-hybridized carbons (Fsp3) is 0.632. The van der Waals surface area contributed by atoms with Gasteiger partial charge in [-0.3, -0.25) is 14.6 Å². The summed E-state index contributed by atoms with van der Waals surface area (Å²) in [6.07, 6.45) is -0.458. The molecule has 2 saturated heterocycles. The number of carbonyl (C=O) groups excluding carboxylic acids is 1. The predicted molar refractivity (Wildman–Crippen MR) is 96.3 cm³/mol. The first-order chi connectivity index (χ1) is 12.1. The van der Waals surface area contributed by atoms with Crippen molar-refractivity contribution in [2.75, 3.05) is 59.0 Å². The lowest BCUT2D eigenvalue weighted by Crippen LogP contribution is -2.56. The molecule has 1 aromatic rings. The lowest BCUT2D eigenvalue weighted by Gasteiger charge is -2.40. The molecule has 0 saturated carbocycles. The lowest BCUT2D eigenvalue weighted by molar-refractivity contribution is -0.141. The van der Waals surface area contributed by atoms with Crippen LogP contribution in [0.3, 0.4) is 0 Å². The lowest BCUT2D eigenvalue weighted by atomic mass is 10.1. The zero-order valence-corrected chi connectivity index (χ0v) is 15.0. The molecule has 0 radical (unpaired) electrons. The second-order valence-electron chi connectivity index (χ2n) is 6.88. The molecular formula is C19H29N3O3. The van der Waals surface area contributed by atoms with E-state index in [2.05, 4.69) is 9.80 Å². The van der Waals surface area contributed by atoms with Crippen LogP contribution in [0, 0.1) is 0 Å². The number of morpholine rings is 1. The Morgan fingerprint density at radius 2 is 1.72 bits per heavy atom. The van der Waals surface area contributed by atoms with Crippen LogP contribution in [0.1, 0.15) is 18.6 Å². The van der Waals surface area contributed by atoms with Crippen LogP contribution in [0.4, 0.5) is 0 Å². The zero-order chi connectivity index (χ0) is 17.6. The molecule has 2 aliphatic rings. The summed E-state index contributed by atoms with van der Waals surface area (Å²) in [5, 5.41) is 10.4. The van der Waals surface area contributed by atoms with Crippen LogP contribution in [0.5, 0.6) is 0 Å². The van der Waals surface area contributed by atoms with E-state index in [1.807, 2.05) is 42.2 Å². The summed E-state index contributed by atoms with van der Waals surface area (Å²) < 4.78 is 5.32. The smallest absolute Gasteiger partial charge is 0.239 e. The second-order valence-corrected chi connectivity index (χ2v) is 6.88. The largest absolute Gasteiger partial charge is 0.387 e. The molecule has 2 fully saturated rings. The normalized spacial score (nSPS) is 22.6. The van der Waals surface area contributed by atoms with Gasteiger partial charge < -0.3 is 14.7 Å². The molecule has 2 heterocycles. The quantitative estimate of drug-likeness (QED) is 0.845. The van der Waals surface area contributed by atoms with Gasteiger partial charge in [-0.1, -0.05) is 30.3 Å². The number of aliphatic hydroxyl groups is 1. The molecule has 1 N–H and O–H groups in total. The van der Waals surface area contributed by atoms with Crippen LogP contribution in [0.15, 0.2) is 30.3 Å². The van der Waals surface area contributed by atoms with Crippen molar-refractivity contribution in [3.05, 3.63) is 35.9 Å². The highest BCUT2D eigenvalue weighted by atomic mass is 16.5. The number of ether oxygens (including phenoxy) is 1. The number of hydrogen-bond donors (Lipinski definition) is 1. The van der Waals surface area contributed by atoms with Crippen LogP contribution in [-0.4, -0.2) is 90.8 Å². The van der Waals surface area contributed by atoms with E-state index in [-0.39, 0.29) is 11.9 Å². The molecule has 2 aliphatic heterocycles. The third kappa shape index (κ3) is 4.79. The first-order valence-electron chi connectivity index (χ1n) is 9.21. The Labute approximate surface area is 150 Å². The molecule has 0 aromatic heterocycles. The molecule has 2 atom stereocenters. The minimum atomic E-state index is -0.458. The van der Waals surface area contributed by atoms with Gasteiger partial charge in [0.2, 0.25) is 5.91 Å². The molecule has 3 rings (SSSR count). The van der Waals surface area contributed by atoms with Crippen molar-refractivity contribution in [1.82, 2.24) is 14.7 Å². The Morgan fingerprint density at radius 1 is 1.08 bits per heavy atom. The molecule has 1 amide bonds. The van der Waals surface area contributed by atoms with E-state index in [4.69, 9.17) is 4.74 Å². The number of carbonyl (C=O) groups is 1. The standard InChI is InChI=1S/C19H29N3O3/c1-16(19(24)22-11-13-25-14-12-22)21-9-7-20(8-10-21)15-18(23)17-5-3-2-4-6-17/h2-6,16,18,23H,7-15H2,1H3/t16-,18+/m0/s1. The van der Waals surface area contributed by atoms with Crippen LogP contribution in [0.2, 0.25) is 0 Å². The first kappa shape index (κ1) is 18.3. The van der Waals surface area contributed by atoms with Crippen molar-refractivity contribution in [3.8, 4) is 0 Å². The number of hydrogen-bond acceptors (Lipinski definition) is 5. The number of rotatable bonds is 5. The van der Waals surface area contributed by atoms with Gasteiger partial charge in [0.15, 0.2) is 0 Å². The van der Waals surface area contributed by atoms with E-state index in [0.29, 0.717) is 32.8 Å². The van der Waals surface area contributed by atoms with Crippen molar-refractivity contribution >= 4 is 5.91 Å². The van der Waals surface area contributed by atoms with Gasteiger partial charge in [-0.25, -0.2) is 0 Å². The van der Waals surface area contributed by atoms with Gasteiger partial charge in [-0.05, 0) is 12.5 Å². The van der Waals surface area contributed by atoms with E-state index in [9.17, 15) is 9.90 Å². The van der Waals surface area contributed by atoms with Crippen LogP contribution >= 0.6 is 0 Å². The third-order valence-electron chi connectivity index (χ3n) is 5.25. The van der Waals surface area contributed by atoms with Crippen LogP contribution in [0.25, 0.3) is 0 Å². The van der Waals surface area contributed by atoms with Gasteiger partial charge in [0, 0.05) is 45.8 Å². The van der Waals surface area contributed by atoms with Crippen molar-refractivity contribution in [3.63, 3.8) is 0 Å². The maximum absolute atomic E-state index is 12.6. The van der Waals surface area contributed by atoms with Gasteiger partial charge >= 0.3 is 0 Å². The number of nitrogens with zero attached hydrogens (tertiary/aromatic N) is 3. The number of aliphatic hydroxyl groups excluding tert-OH is 1. The van der Waals surface area contributed by atoms with Gasteiger partial charge in [0.25, 0.3) is 0 Å². The van der Waals surface area contributed by atoms with Crippen molar-refractivity contribution in [2.24, 2.45) is 0 Å². The molecule has 0 spiro atoms. The molecule has 138 valence electrons. The summed E-state index contributed by atoms with van der Waals surface area (Å²) >= 11 is 0. The Hall–Kier alpha value is -1.47. The van der Waals surface area contributed by atoms with E-state index < -0.39 is 6.10 Å². The van der Waals surface area contributed by atoms with Crippen molar-refractivity contribution < 1.29 is 14.6 Å². The SMILES string of the molecule is C[C@@H](C(=O)N1CCOCC1)N1CCN(C[C@@H](O)c2ccccc2)CC1. The van der Waals surface area contributed by atoms with Gasteiger partial charge in [0.05, 0.1) is 25.4 Å². The Kier molecular flexibility index (Phi) is 6.42. The summed E-state index contributed by atoms with van der Waals surface area (Å²) in [7, 11) is 0. The van der Waals surface area contributed by atoms with E-state index >= 15 is 0 Å². The molecule has 25 heavy (non-hydrogen) atoms. The molecular weight excluding hydrogens is 318 g/mol. The highest BCUT2D eigenvalue weighted by Crippen LogP contribution is 2.16. The van der Waals surface area contributed by atoms with E-state index in [1.54, 1.807) is 0 Å². The monoisotopic (exact) mass is 347 g/mol. The average molecular weight is 347 g/mol. The molecule has 0 unspecified atom stereocenters. The Morgan fingerprint density at radius 3 is 2.36 bits per heavy atom. The van der Waals surface area contributed by atoms with Crippen LogP contribution < -0.4 is 0 Å². The van der Waals surface area contributed by atoms with Crippen LogP contribution in [-0.2, 0) is 9.53 Å². The zero-order valence-electron chi connectivity index (χ0n) is 15.0. The molecule has 6 nitrogen and oxygen atoms in total. The number of benzene rings is 1. The minimum absolute atomic E-state index is 0.0840. The summed E-state index contributed by atoms with van der Waals surface area (Å²) in [6.45, 7) is 8.81. The van der Waals surface area contributed by atoms with E-state index in [1.165, 1.54) is 0 Å². The fourth-order valence-corrected chi connectivity index (χ4v) is 3.56. The summed E-state index contributed by atoms with van der Waals surface area (Å²) in [6, 6.07) is 9.71. The molecule has 1 aromatic carbocycles. The van der Waals surface area contributed by atoms with Gasteiger partial charge in [-0.2, -0.15) is 0 Å².